The van der Waals surface area contributed by atoms with E-state index < -0.39 is 11.9 Å². The van der Waals surface area contributed by atoms with Gasteiger partial charge in [-0.1, -0.05) is 6.92 Å². The minimum Gasteiger partial charge on any atom is -0.481 e. The molecule has 0 aromatic heterocycles. The fraction of sp³-hybridized carbons (Fsp3) is 0.833. The van der Waals surface area contributed by atoms with E-state index in [2.05, 4.69) is 5.32 Å². The summed E-state index contributed by atoms with van der Waals surface area (Å²) in [5.41, 5.74) is -0.256. The Kier molecular flexibility index (Phi) is 5.10. The normalized spacial score (nSPS) is 18.8. The molecule has 1 amide bonds. The van der Waals surface area contributed by atoms with Crippen molar-refractivity contribution in [3.8, 4) is 0 Å². The number of amides is 1. The Morgan fingerprint density at radius 2 is 2.11 bits per heavy atom. The molecule has 1 saturated heterocycles. The van der Waals surface area contributed by atoms with Gasteiger partial charge in [-0.3, -0.25) is 9.59 Å². The maximum absolute atomic E-state index is 11.9. The highest BCUT2D eigenvalue weighted by Crippen LogP contribution is 2.15. The Labute approximate surface area is 107 Å². The zero-order valence-corrected chi connectivity index (χ0v) is 11.2. The summed E-state index contributed by atoms with van der Waals surface area (Å²) in [5, 5.41) is 11.9. The molecule has 1 unspecified atom stereocenters. The average molecular weight is 258 g/mol. The van der Waals surface area contributed by atoms with E-state index in [4.69, 9.17) is 9.84 Å². The molecule has 0 aromatic rings. The first kappa shape index (κ1) is 14.9. The Morgan fingerprint density at radius 3 is 2.50 bits per heavy atom. The molecule has 0 aromatic carbocycles. The highest BCUT2D eigenvalue weighted by Gasteiger charge is 2.33. The van der Waals surface area contributed by atoms with E-state index in [0.717, 1.165) is 13.1 Å². The molecule has 1 rings (SSSR count). The zero-order chi connectivity index (χ0) is 13.8. The highest BCUT2D eigenvalue weighted by atomic mass is 16.5. The second-order valence-corrected chi connectivity index (χ2v) is 5.01. The van der Waals surface area contributed by atoms with Crippen molar-refractivity contribution in [2.24, 2.45) is 5.92 Å². The second-order valence-electron chi connectivity index (χ2n) is 5.01. The number of aliphatic carboxylic acids is 1. The minimum atomic E-state index is -0.891. The summed E-state index contributed by atoms with van der Waals surface area (Å²) in [7, 11) is 0. The van der Waals surface area contributed by atoms with Crippen LogP contribution in [0.25, 0.3) is 0 Å². The third-order valence-electron chi connectivity index (χ3n) is 3.19. The Bertz CT molecular complexity index is 315. The maximum Gasteiger partial charge on any atom is 0.308 e. The molecule has 1 aliphatic heterocycles. The molecule has 1 atom stereocenters. The van der Waals surface area contributed by atoms with Crippen LogP contribution >= 0.6 is 0 Å². The van der Waals surface area contributed by atoms with Crippen LogP contribution in [0.5, 0.6) is 0 Å². The van der Waals surface area contributed by atoms with Crippen molar-refractivity contribution in [1.82, 2.24) is 10.2 Å². The van der Waals surface area contributed by atoms with Gasteiger partial charge in [-0.15, -0.1) is 0 Å². The fourth-order valence-electron chi connectivity index (χ4n) is 1.72. The number of likely N-dealkylation sites (N-methyl/N-ethyl adjacent to an activating group) is 1. The number of nitrogens with one attached hydrogen (secondary N) is 1. The summed E-state index contributed by atoms with van der Waals surface area (Å²) in [4.78, 5) is 24.2. The van der Waals surface area contributed by atoms with Crippen LogP contribution in [0.15, 0.2) is 0 Å². The number of nitrogens with zero attached hydrogens (tertiary/aromatic N) is 1. The quantitative estimate of drug-likeness (QED) is 0.668. The van der Waals surface area contributed by atoms with Crippen LogP contribution in [-0.4, -0.2) is 60.3 Å². The molecular weight excluding hydrogens is 236 g/mol. The molecule has 0 bridgehead atoms. The molecule has 0 saturated carbocycles. The molecule has 6 nitrogen and oxygen atoms in total. The van der Waals surface area contributed by atoms with Gasteiger partial charge in [-0.2, -0.15) is 0 Å². The van der Waals surface area contributed by atoms with Crippen molar-refractivity contribution in [2.75, 3.05) is 32.8 Å². The van der Waals surface area contributed by atoms with E-state index in [1.165, 1.54) is 4.90 Å². The molecule has 0 radical (unpaired) electrons. The number of ether oxygens (including phenoxy) is 1. The predicted octanol–water partition coefficient (Wildman–Crippen LogP) is -0.0659. The van der Waals surface area contributed by atoms with Gasteiger partial charge in [0.1, 0.15) is 6.61 Å². The maximum atomic E-state index is 11.9. The van der Waals surface area contributed by atoms with E-state index >= 15 is 0 Å². The number of carbonyl (C=O) groups is 2. The smallest absolute Gasteiger partial charge is 0.308 e. The van der Waals surface area contributed by atoms with E-state index in [1.54, 1.807) is 6.92 Å². The van der Waals surface area contributed by atoms with Crippen LogP contribution in [0, 0.1) is 5.92 Å². The number of rotatable bonds is 7. The van der Waals surface area contributed by atoms with Crippen molar-refractivity contribution in [3.63, 3.8) is 0 Å². The van der Waals surface area contributed by atoms with Crippen molar-refractivity contribution < 1.29 is 19.4 Å². The number of hydrogen-bond acceptors (Lipinski definition) is 4. The Hall–Kier alpha value is -1.14. The second kappa shape index (κ2) is 6.15. The molecule has 18 heavy (non-hydrogen) atoms. The Balaban J connectivity index is 2.39. The lowest BCUT2D eigenvalue weighted by atomic mass is 10.0. The molecule has 0 spiro atoms. The molecular formula is C12H22N2O4. The number of carboxylic acid groups (broad SMARTS) is 1. The summed E-state index contributed by atoms with van der Waals surface area (Å²) >= 11 is 0. The topological polar surface area (TPSA) is 78.9 Å². The summed E-state index contributed by atoms with van der Waals surface area (Å²) in [6.45, 7) is 7.61. The van der Waals surface area contributed by atoms with Gasteiger partial charge in [0.25, 0.3) is 0 Å². The molecule has 1 heterocycles. The number of hydrogen-bond donors (Lipinski definition) is 2. The first-order valence-electron chi connectivity index (χ1n) is 6.23. The standard InChI is InChI=1S/C12H22N2O4/c1-4-14(5-9(2)11(16)17)10(15)6-18-12(3)7-13-8-12/h9,13H,4-8H2,1-3H3,(H,16,17). The SMILES string of the molecule is CCN(CC(C)C(=O)O)C(=O)COC1(C)CNC1. The molecule has 6 heteroatoms. The first-order chi connectivity index (χ1) is 8.38. The van der Waals surface area contributed by atoms with Crippen molar-refractivity contribution >= 4 is 11.9 Å². The molecule has 0 aliphatic carbocycles. The van der Waals surface area contributed by atoms with Crippen LogP contribution in [0.4, 0.5) is 0 Å². The van der Waals surface area contributed by atoms with E-state index in [0.29, 0.717) is 6.54 Å². The third kappa shape index (κ3) is 3.96. The summed E-state index contributed by atoms with van der Waals surface area (Å²) < 4.78 is 5.55. The van der Waals surface area contributed by atoms with Gasteiger partial charge in [0.05, 0.1) is 11.5 Å². The van der Waals surface area contributed by atoms with Crippen LogP contribution in [0.3, 0.4) is 0 Å². The number of carbonyl (C=O) groups excluding carboxylic acids is 1. The van der Waals surface area contributed by atoms with Gasteiger partial charge < -0.3 is 20.1 Å². The molecule has 1 aliphatic rings. The molecule has 104 valence electrons. The third-order valence-corrected chi connectivity index (χ3v) is 3.19. The Morgan fingerprint density at radius 1 is 1.50 bits per heavy atom. The lowest BCUT2D eigenvalue weighted by Crippen LogP contribution is -2.59. The molecule has 2 N–H and O–H groups in total. The lowest BCUT2D eigenvalue weighted by molar-refractivity contribution is -0.149. The lowest BCUT2D eigenvalue weighted by Gasteiger charge is -2.39. The van der Waals surface area contributed by atoms with E-state index in [-0.39, 0.29) is 24.7 Å². The van der Waals surface area contributed by atoms with E-state index in [1.807, 2.05) is 13.8 Å². The van der Waals surface area contributed by atoms with Crippen molar-refractivity contribution in [2.45, 2.75) is 26.4 Å². The van der Waals surface area contributed by atoms with Crippen LogP contribution in [0.1, 0.15) is 20.8 Å². The van der Waals surface area contributed by atoms with Crippen molar-refractivity contribution in [3.05, 3.63) is 0 Å². The largest absolute Gasteiger partial charge is 0.481 e. The number of carboxylic acids is 1. The van der Waals surface area contributed by atoms with Crippen LogP contribution in [-0.2, 0) is 14.3 Å². The van der Waals surface area contributed by atoms with Crippen LogP contribution in [0.2, 0.25) is 0 Å². The van der Waals surface area contributed by atoms with Crippen molar-refractivity contribution in [1.29, 1.82) is 0 Å². The van der Waals surface area contributed by atoms with Gasteiger partial charge in [0.2, 0.25) is 5.91 Å². The van der Waals surface area contributed by atoms with E-state index in [9.17, 15) is 9.59 Å². The molecule has 1 fully saturated rings. The summed E-state index contributed by atoms with van der Waals surface area (Å²) in [6.07, 6.45) is 0. The van der Waals surface area contributed by atoms with Gasteiger partial charge in [0, 0.05) is 26.2 Å². The van der Waals surface area contributed by atoms with Gasteiger partial charge in [0.15, 0.2) is 0 Å². The van der Waals surface area contributed by atoms with Gasteiger partial charge >= 0.3 is 5.97 Å². The minimum absolute atomic E-state index is 0.0123. The summed E-state index contributed by atoms with van der Waals surface area (Å²) in [5.74, 6) is -1.61. The zero-order valence-electron chi connectivity index (χ0n) is 11.2. The monoisotopic (exact) mass is 258 g/mol. The van der Waals surface area contributed by atoms with Gasteiger partial charge in [-0.05, 0) is 13.8 Å². The average Bonchev–Trinajstić information content (AvgIpc) is 2.29. The predicted molar refractivity (Wildman–Crippen MR) is 66.3 cm³/mol. The van der Waals surface area contributed by atoms with Crippen LogP contribution < -0.4 is 5.32 Å². The highest BCUT2D eigenvalue weighted by molar-refractivity contribution is 5.78. The first-order valence-corrected chi connectivity index (χ1v) is 6.23. The fourth-order valence-corrected chi connectivity index (χ4v) is 1.72. The van der Waals surface area contributed by atoms with Gasteiger partial charge in [-0.25, -0.2) is 0 Å². The summed E-state index contributed by atoms with van der Waals surface area (Å²) in [6, 6.07) is 0.